The predicted molar refractivity (Wildman–Crippen MR) is 94.6 cm³/mol. The van der Waals surface area contributed by atoms with Gasteiger partial charge in [0, 0.05) is 19.3 Å². The summed E-state index contributed by atoms with van der Waals surface area (Å²) in [4.78, 5) is 23.5. The number of fused-ring (bicyclic) bond motifs is 1. The van der Waals surface area contributed by atoms with Crippen molar-refractivity contribution in [1.29, 1.82) is 0 Å². The summed E-state index contributed by atoms with van der Waals surface area (Å²) in [6.45, 7) is 4.93. The third-order valence-electron chi connectivity index (χ3n) is 4.69. The Morgan fingerprint density at radius 1 is 1.46 bits per heavy atom. The number of aryl methyl sites for hydroxylation is 1. The van der Waals surface area contributed by atoms with E-state index in [-0.39, 0.29) is 17.5 Å². The van der Waals surface area contributed by atoms with Gasteiger partial charge in [0.2, 0.25) is 11.6 Å². The third-order valence-corrected chi connectivity index (χ3v) is 4.69. The van der Waals surface area contributed by atoms with Crippen molar-refractivity contribution < 1.29 is 9.42 Å². The fourth-order valence-corrected chi connectivity index (χ4v) is 3.34. The molecule has 0 unspecified atom stereocenters. The first kappa shape index (κ1) is 16.5. The van der Waals surface area contributed by atoms with Crippen molar-refractivity contribution in [2.75, 3.05) is 30.3 Å². The van der Waals surface area contributed by atoms with Crippen LogP contribution in [0.2, 0.25) is 0 Å². The van der Waals surface area contributed by atoms with Gasteiger partial charge in [0.15, 0.2) is 0 Å². The van der Waals surface area contributed by atoms with Crippen LogP contribution >= 0.6 is 0 Å². The number of pyridine rings is 1. The van der Waals surface area contributed by atoms with Gasteiger partial charge >= 0.3 is 0 Å². The second kappa shape index (κ2) is 6.71. The van der Waals surface area contributed by atoms with Crippen LogP contribution in [0.1, 0.15) is 23.7 Å². The Hall–Kier alpha value is -3.01. The Kier molecular flexibility index (Phi) is 4.25. The lowest BCUT2D eigenvalue weighted by atomic mass is 10.1. The van der Waals surface area contributed by atoms with Gasteiger partial charge in [-0.05, 0) is 42.7 Å². The molecule has 10 heteroatoms. The van der Waals surface area contributed by atoms with Gasteiger partial charge < -0.3 is 15.6 Å². The van der Waals surface area contributed by atoms with Gasteiger partial charge in [0.1, 0.15) is 5.52 Å². The van der Waals surface area contributed by atoms with Crippen LogP contribution in [0.25, 0.3) is 11.0 Å². The van der Waals surface area contributed by atoms with Gasteiger partial charge in [-0.1, -0.05) is 0 Å². The first-order valence-electron chi connectivity index (χ1n) is 8.58. The largest absolute Gasteiger partial charge is 0.378 e. The van der Waals surface area contributed by atoms with E-state index < -0.39 is 0 Å². The summed E-state index contributed by atoms with van der Waals surface area (Å²) < 4.78 is 6.65. The summed E-state index contributed by atoms with van der Waals surface area (Å²) in [6, 6.07) is 0. The molecule has 10 nitrogen and oxygen atoms in total. The number of amides is 1. The number of rotatable bonds is 5. The summed E-state index contributed by atoms with van der Waals surface area (Å²) >= 11 is 0. The van der Waals surface area contributed by atoms with Crippen LogP contribution in [0.4, 0.5) is 11.6 Å². The SMILES string of the molecule is CCn1cnc2cncc(C(=O)N(C[C@H]3CCNC3)c3nonc3N)c21. The molecule has 1 aliphatic rings. The molecule has 0 bridgehead atoms. The highest BCUT2D eigenvalue weighted by molar-refractivity contribution is 6.12. The molecule has 0 aromatic carbocycles. The van der Waals surface area contributed by atoms with Crippen LogP contribution in [-0.2, 0) is 6.54 Å². The van der Waals surface area contributed by atoms with E-state index >= 15 is 0 Å². The topological polar surface area (TPSA) is 128 Å². The maximum absolute atomic E-state index is 13.4. The molecule has 26 heavy (non-hydrogen) atoms. The molecule has 0 spiro atoms. The predicted octanol–water partition coefficient (Wildman–Crippen LogP) is 0.673. The first-order valence-corrected chi connectivity index (χ1v) is 8.58. The zero-order valence-electron chi connectivity index (χ0n) is 14.4. The molecule has 1 fully saturated rings. The van der Waals surface area contributed by atoms with Gasteiger partial charge in [-0.15, -0.1) is 0 Å². The van der Waals surface area contributed by atoms with E-state index in [1.54, 1.807) is 18.7 Å². The molecule has 4 rings (SSSR count). The van der Waals surface area contributed by atoms with Crippen molar-refractivity contribution >= 4 is 28.6 Å². The van der Waals surface area contributed by atoms with E-state index in [0.717, 1.165) is 25.0 Å². The summed E-state index contributed by atoms with van der Waals surface area (Å²) in [6.07, 6.45) is 5.89. The molecule has 1 saturated heterocycles. The zero-order valence-corrected chi connectivity index (χ0v) is 14.4. The van der Waals surface area contributed by atoms with E-state index in [1.165, 1.54) is 4.90 Å². The molecule has 4 heterocycles. The second-order valence-electron chi connectivity index (χ2n) is 6.33. The standard InChI is InChI=1S/C16H20N8O2/c1-2-23-9-20-12-7-19-6-11(13(12)23)16(25)24(8-10-3-4-18-5-10)15-14(17)21-26-22-15/h6-7,9-10,18H,2-5,8H2,1H3,(H2,17,21)/t10-/m0/s1. The Morgan fingerprint density at radius 2 is 2.35 bits per heavy atom. The Morgan fingerprint density at radius 3 is 3.04 bits per heavy atom. The van der Waals surface area contributed by atoms with Gasteiger partial charge in [0.05, 0.1) is 23.6 Å². The number of hydrogen-bond acceptors (Lipinski definition) is 8. The highest BCUT2D eigenvalue weighted by Crippen LogP contribution is 2.26. The fourth-order valence-electron chi connectivity index (χ4n) is 3.34. The Labute approximate surface area is 149 Å². The average Bonchev–Trinajstić information content (AvgIpc) is 3.39. The van der Waals surface area contributed by atoms with Crippen LogP contribution < -0.4 is 16.0 Å². The van der Waals surface area contributed by atoms with Gasteiger partial charge in [-0.3, -0.25) is 14.7 Å². The maximum atomic E-state index is 13.4. The van der Waals surface area contributed by atoms with Crippen LogP contribution in [0.3, 0.4) is 0 Å². The molecule has 3 aromatic rings. The normalized spacial score (nSPS) is 17.0. The van der Waals surface area contributed by atoms with Crippen molar-refractivity contribution in [1.82, 2.24) is 30.2 Å². The summed E-state index contributed by atoms with van der Waals surface area (Å²) in [5.74, 6) is 0.390. The van der Waals surface area contributed by atoms with Crippen LogP contribution in [-0.4, -0.2) is 50.4 Å². The molecule has 1 amide bonds. The number of carbonyl (C=O) groups is 1. The maximum Gasteiger partial charge on any atom is 0.263 e. The molecule has 1 aliphatic heterocycles. The highest BCUT2D eigenvalue weighted by Gasteiger charge is 2.30. The number of anilines is 2. The number of nitrogens with one attached hydrogen (secondary N) is 1. The molecule has 3 aromatic heterocycles. The molecular weight excluding hydrogens is 336 g/mol. The lowest BCUT2D eigenvalue weighted by Crippen LogP contribution is -2.37. The van der Waals surface area contributed by atoms with Gasteiger partial charge in [-0.25, -0.2) is 9.61 Å². The van der Waals surface area contributed by atoms with E-state index in [0.29, 0.717) is 30.1 Å². The Bertz CT molecular complexity index is 927. The molecule has 3 N–H and O–H groups in total. The third kappa shape index (κ3) is 2.77. The zero-order chi connectivity index (χ0) is 18.1. The van der Waals surface area contributed by atoms with Gasteiger partial charge in [-0.2, -0.15) is 0 Å². The van der Waals surface area contributed by atoms with Crippen molar-refractivity contribution in [3.63, 3.8) is 0 Å². The van der Waals surface area contributed by atoms with Crippen LogP contribution in [0.15, 0.2) is 23.4 Å². The van der Waals surface area contributed by atoms with E-state index in [9.17, 15) is 4.79 Å². The van der Waals surface area contributed by atoms with E-state index in [2.05, 4.69) is 25.6 Å². The lowest BCUT2D eigenvalue weighted by Gasteiger charge is -2.23. The summed E-state index contributed by atoms with van der Waals surface area (Å²) in [5.41, 5.74) is 7.74. The lowest BCUT2D eigenvalue weighted by molar-refractivity contribution is 0.0982. The van der Waals surface area contributed by atoms with Crippen molar-refractivity contribution in [3.05, 3.63) is 24.3 Å². The van der Waals surface area contributed by atoms with E-state index in [1.807, 2.05) is 11.5 Å². The monoisotopic (exact) mass is 356 g/mol. The minimum Gasteiger partial charge on any atom is -0.378 e. The molecule has 0 saturated carbocycles. The van der Waals surface area contributed by atoms with Crippen molar-refractivity contribution in [2.24, 2.45) is 5.92 Å². The molecule has 1 atom stereocenters. The number of hydrogen-bond donors (Lipinski definition) is 2. The Balaban J connectivity index is 1.77. The number of nitrogen functional groups attached to an aromatic ring is 1. The first-order chi connectivity index (χ1) is 12.7. The molecule has 136 valence electrons. The summed E-state index contributed by atoms with van der Waals surface area (Å²) in [7, 11) is 0. The highest BCUT2D eigenvalue weighted by atomic mass is 16.6. The average molecular weight is 356 g/mol. The summed E-state index contributed by atoms with van der Waals surface area (Å²) in [5, 5.41) is 10.8. The fraction of sp³-hybridized carbons (Fsp3) is 0.438. The quantitative estimate of drug-likeness (QED) is 0.683. The second-order valence-corrected chi connectivity index (χ2v) is 6.33. The number of imidazole rings is 1. The van der Waals surface area contributed by atoms with Crippen LogP contribution in [0, 0.1) is 5.92 Å². The van der Waals surface area contributed by atoms with E-state index in [4.69, 9.17) is 10.4 Å². The van der Waals surface area contributed by atoms with Crippen molar-refractivity contribution in [2.45, 2.75) is 19.9 Å². The smallest absolute Gasteiger partial charge is 0.263 e. The van der Waals surface area contributed by atoms with Gasteiger partial charge in [0.25, 0.3) is 5.91 Å². The van der Waals surface area contributed by atoms with Crippen molar-refractivity contribution in [3.8, 4) is 0 Å². The number of nitrogens with two attached hydrogens (primary N) is 1. The molecule has 0 radical (unpaired) electrons. The minimum absolute atomic E-state index is 0.0911. The number of carbonyl (C=O) groups excluding carboxylic acids is 1. The minimum atomic E-state index is -0.243. The van der Waals surface area contributed by atoms with Crippen LogP contribution in [0.5, 0.6) is 0 Å². The molecule has 0 aliphatic carbocycles. The number of nitrogens with zero attached hydrogens (tertiary/aromatic N) is 6. The number of aromatic nitrogens is 5. The molecular formula is C16H20N8O2.